The third-order valence-electron chi connectivity index (χ3n) is 4.42. The van der Waals surface area contributed by atoms with E-state index < -0.39 is 11.2 Å². The Balaban J connectivity index is 2.16. The van der Waals surface area contributed by atoms with E-state index in [1.165, 1.54) is 11.6 Å². The topological polar surface area (TPSA) is 86.2 Å². The van der Waals surface area contributed by atoms with E-state index in [9.17, 15) is 9.59 Å². The highest BCUT2D eigenvalue weighted by Gasteiger charge is 2.18. The molecular formula is C19H21ClN6O2. The highest BCUT2D eigenvalue weighted by molar-refractivity contribution is 6.29. The third-order valence-corrected chi connectivity index (χ3v) is 4.57. The SMILES string of the molecule is C/C(=N/Nc1nc2c(c(=O)n(C)c(=O)n2C)n1C/C=C(\C)Cl)c1ccccc1. The lowest BCUT2D eigenvalue weighted by atomic mass is 10.1. The quantitative estimate of drug-likeness (QED) is 0.526. The second kappa shape index (κ2) is 7.85. The molecule has 2 heterocycles. The number of hydrazone groups is 1. The average molecular weight is 401 g/mol. The molecule has 28 heavy (non-hydrogen) atoms. The lowest BCUT2D eigenvalue weighted by Gasteiger charge is -2.07. The Morgan fingerprint density at radius 3 is 2.50 bits per heavy atom. The predicted octanol–water partition coefficient (Wildman–Crippen LogP) is 2.41. The van der Waals surface area contributed by atoms with Crippen molar-refractivity contribution < 1.29 is 0 Å². The maximum Gasteiger partial charge on any atom is 0.332 e. The summed E-state index contributed by atoms with van der Waals surface area (Å²) in [5.74, 6) is 0.345. The third kappa shape index (κ3) is 3.63. The van der Waals surface area contributed by atoms with Gasteiger partial charge in [-0.3, -0.25) is 18.5 Å². The summed E-state index contributed by atoms with van der Waals surface area (Å²) < 4.78 is 4.05. The van der Waals surface area contributed by atoms with Crippen LogP contribution >= 0.6 is 11.6 Å². The summed E-state index contributed by atoms with van der Waals surface area (Å²) in [6.07, 6.45) is 1.76. The van der Waals surface area contributed by atoms with Gasteiger partial charge in [-0.25, -0.2) is 10.2 Å². The van der Waals surface area contributed by atoms with Crippen molar-refractivity contribution in [3.63, 3.8) is 0 Å². The minimum absolute atomic E-state index is 0.281. The summed E-state index contributed by atoms with van der Waals surface area (Å²) in [6.45, 7) is 3.92. The van der Waals surface area contributed by atoms with E-state index in [4.69, 9.17) is 11.6 Å². The molecule has 0 spiro atoms. The number of hydrogen-bond acceptors (Lipinski definition) is 5. The van der Waals surface area contributed by atoms with Crippen molar-refractivity contribution in [2.45, 2.75) is 20.4 Å². The second-order valence-corrected chi connectivity index (χ2v) is 6.99. The first-order chi connectivity index (χ1) is 13.3. The molecule has 0 amide bonds. The Morgan fingerprint density at radius 2 is 1.86 bits per heavy atom. The molecular weight excluding hydrogens is 380 g/mol. The zero-order chi connectivity index (χ0) is 20.4. The number of anilines is 1. The van der Waals surface area contributed by atoms with Crippen LogP contribution < -0.4 is 16.7 Å². The molecule has 1 aromatic carbocycles. The molecule has 3 aromatic rings. The smallest absolute Gasteiger partial charge is 0.299 e. The highest BCUT2D eigenvalue weighted by Crippen LogP contribution is 2.17. The number of nitrogens with zero attached hydrogens (tertiary/aromatic N) is 5. The zero-order valence-corrected chi connectivity index (χ0v) is 16.9. The summed E-state index contributed by atoms with van der Waals surface area (Å²) in [7, 11) is 3.02. The van der Waals surface area contributed by atoms with Crippen LogP contribution in [0.5, 0.6) is 0 Å². The van der Waals surface area contributed by atoms with E-state index in [-0.39, 0.29) is 5.65 Å². The molecule has 0 saturated carbocycles. The van der Waals surface area contributed by atoms with Crippen molar-refractivity contribution >= 4 is 34.4 Å². The predicted molar refractivity (Wildman–Crippen MR) is 112 cm³/mol. The van der Waals surface area contributed by atoms with E-state index in [1.54, 1.807) is 24.6 Å². The van der Waals surface area contributed by atoms with E-state index in [1.807, 2.05) is 37.3 Å². The molecule has 0 radical (unpaired) electrons. The molecule has 3 rings (SSSR count). The van der Waals surface area contributed by atoms with Crippen LogP contribution in [0.1, 0.15) is 19.4 Å². The molecule has 146 valence electrons. The molecule has 0 unspecified atom stereocenters. The summed E-state index contributed by atoms with van der Waals surface area (Å²) in [6, 6.07) is 9.68. The van der Waals surface area contributed by atoms with E-state index >= 15 is 0 Å². The van der Waals surface area contributed by atoms with E-state index in [2.05, 4.69) is 15.5 Å². The van der Waals surface area contributed by atoms with Gasteiger partial charge >= 0.3 is 5.69 Å². The van der Waals surface area contributed by atoms with Crippen LogP contribution in [0.15, 0.2) is 56.1 Å². The lowest BCUT2D eigenvalue weighted by molar-refractivity contribution is 0.703. The fourth-order valence-electron chi connectivity index (χ4n) is 2.80. The van der Waals surface area contributed by atoms with Crippen molar-refractivity contribution in [2.24, 2.45) is 19.2 Å². The van der Waals surface area contributed by atoms with Gasteiger partial charge in [-0.15, -0.1) is 0 Å². The molecule has 0 aliphatic heterocycles. The summed E-state index contributed by atoms with van der Waals surface area (Å²) in [5.41, 5.74) is 4.34. The largest absolute Gasteiger partial charge is 0.332 e. The van der Waals surface area contributed by atoms with Gasteiger partial charge in [-0.2, -0.15) is 10.1 Å². The molecule has 0 saturated heterocycles. The fourth-order valence-corrected chi connectivity index (χ4v) is 2.87. The molecule has 1 N–H and O–H groups in total. The maximum atomic E-state index is 12.7. The van der Waals surface area contributed by atoms with Crippen LogP contribution in [0.25, 0.3) is 11.2 Å². The standard InChI is InChI=1S/C19H21ClN6O2/c1-12(20)10-11-26-15-16(24(3)19(28)25(4)17(15)27)21-18(26)23-22-13(2)14-8-6-5-7-9-14/h5-10H,11H2,1-4H3,(H,21,23)/b12-10+,22-13-. The van der Waals surface area contributed by atoms with Crippen LogP contribution in [-0.4, -0.2) is 24.4 Å². The first kappa shape index (κ1) is 19.6. The number of aryl methyl sites for hydroxylation is 1. The van der Waals surface area contributed by atoms with Crippen LogP contribution in [0, 0.1) is 0 Å². The minimum Gasteiger partial charge on any atom is -0.299 e. The molecule has 0 aliphatic carbocycles. The van der Waals surface area contributed by atoms with Crippen molar-refractivity contribution in [3.05, 3.63) is 67.8 Å². The number of benzene rings is 1. The van der Waals surface area contributed by atoms with Gasteiger partial charge in [0.25, 0.3) is 5.56 Å². The van der Waals surface area contributed by atoms with Gasteiger partial charge in [0.1, 0.15) is 0 Å². The van der Waals surface area contributed by atoms with Gasteiger partial charge in [0.05, 0.1) is 5.71 Å². The van der Waals surface area contributed by atoms with Crippen LogP contribution in [0.3, 0.4) is 0 Å². The summed E-state index contributed by atoms with van der Waals surface area (Å²) in [4.78, 5) is 29.4. The minimum atomic E-state index is -0.443. The number of hydrogen-bond donors (Lipinski definition) is 1. The first-order valence-corrected chi connectivity index (χ1v) is 9.03. The molecule has 9 heteroatoms. The van der Waals surface area contributed by atoms with Crippen molar-refractivity contribution in [1.82, 2.24) is 18.7 Å². The number of aromatic nitrogens is 4. The van der Waals surface area contributed by atoms with Gasteiger partial charge in [0.15, 0.2) is 11.2 Å². The van der Waals surface area contributed by atoms with Crippen LogP contribution in [-0.2, 0) is 20.6 Å². The number of halogens is 1. The average Bonchev–Trinajstić information content (AvgIpc) is 3.06. The van der Waals surface area contributed by atoms with Crippen LogP contribution in [0.2, 0.25) is 0 Å². The maximum absolute atomic E-state index is 12.7. The van der Waals surface area contributed by atoms with Gasteiger partial charge in [0.2, 0.25) is 5.95 Å². The Kier molecular flexibility index (Phi) is 5.51. The Labute approximate surface area is 166 Å². The number of fused-ring (bicyclic) bond motifs is 1. The Morgan fingerprint density at radius 1 is 1.18 bits per heavy atom. The Bertz CT molecular complexity index is 1200. The summed E-state index contributed by atoms with van der Waals surface area (Å²) in [5, 5.41) is 4.97. The van der Waals surface area contributed by atoms with Gasteiger partial charge < -0.3 is 0 Å². The first-order valence-electron chi connectivity index (χ1n) is 8.65. The lowest BCUT2D eigenvalue weighted by Crippen LogP contribution is -2.37. The van der Waals surface area contributed by atoms with Gasteiger partial charge in [-0.05, 0) is 19.4 Å². The normalized spacial score (nSPS) is 12.6. The van der Waals surface area contributed by atoms with Crippen molar-refractivity contribution in [3.8, 4) is 0 Å². The highest BCUT2D eigenvalue weighted by atomic mass is 35.5. The molecule has 0 bridgehead atoms. The molecule has 2 aromatic heterocycles. The zero-order valence-electron chi connectivity index (χ0n) is 16.1. The van der Waals surface area contributed by atoms with E-state index in [0.29, 0.717) is 23.0 Å². The molecule has 8 nitrogen and oxygen atoms in total. The van der Waals surface area contributed by atoms with Gasteiger partial charge in [-0.1, -0.05) is 48.0 Å². The van der Waals surface area contributed by atoms with Gasteiger partial charge in [0, 0.05) is 25.7 Å². The molecule has 0 atom stereocenters. The van der Waals surface area contributed by atoms with Crippen molar-refractivity contribution in [2.75, 3.05) is 5.43 Å². The van der Waals surface area contributed by atoms with Crippen LogP contribution in [0.4, 0.5) is 5.95 Å². The van der Waals surface area contributed by atoms with Crippen molar-refractivity contribution in [1.29, 1.82) is 0 Å². The number of nitrogens with one attached hydrogen (secondary N) is 1. The second-order valence-electron chi connectivity index (χ2n) is 6.39. The summed E-state index contributed by atoms with van der Waals surface area (Å²) >= 11 is 5.97. The number of rotatable bonds is 5. The molecule has 0 fully saturated rings. The number of allylic oxidation sites excluding steroid dienone is 2. The number of imidazole rings is 1. The Hall–Kier alpha value is -3.13. The molecule has 0 aliphatic rings. The van der Waals surface area contributed by atoms with E-state index in [0.717, 1.165) is 15.8 Å². The fraction of sp³-hybridized carbons (Fsp3) is 0.263. The monoisotopic (exact) mass is 400 g/mol.